The number of hydrogen-bond acceptors (Lipinski definition) is 7. The molecule has 2 aromatic rings. The van der Waals surface area contributed by atoms with Crippen molar-refractivity contribution in [3.05, 3.63) is 74.7 Å². The van der Waals surface area contributed by atoms with Crippen molar-refractivity contribution >= 4 is 51.9 Å². The largest absolute Gasteiger partial charge is 0.423 e. The maximum absolute atomic E-state index is 12.1. The van der Waals surface area contributed by atoms with E-state index in [0.29, 0.717) is 15.0 Å². The third kappa shape index (κ3) is 4.21. The van der Waals surface area contributed by atoms with E-state index in [-0.39, 0.29) is 17.2 Å². The molecule has 0 spiro atoms. The van der Waals surface area contributed by atoms with Gasteiger partial charge < -0.3 is 4.74 Å². The number of benzene rings is 2. The van der Waals surface area contributed by atoms with Gasteiger partial charge in [0.25, 0.3) is 11.6 Å². The van der Waals surface area contributed by atoms with E-state index in [1.165, 1.54) is 40.9 Å². The van der Waals surface area contributed by atoms with Crippen molar-refractivity contribution in [2.45, 2.75) is 0 Å². The fourth-order valence-corrected chi connectivity index (χ4v) is 3.39. The molecule has 3 rings (SSSR count). The number of nitro benzene ring substituents is 1. The first-order valence-corrected chi connectivity index (χ1v) is 8.86. The van der Waals surface area contributed by atoms with Crippen LogP contribution in [0.25, 0.3) is 6.08 Å². The number of nitrogens with zero attached hydrogens (tertiary/aromatic N) is 2. The van der Waals surface area contributed by atoms with Crippen molar-refractivity contribution < 1.29 is 19.2 Å². The lowest BCUT2D eigenvalue weighted by Gasteiger charge is -2.05. The van der Waals surface area contributed by atoms with Gasteiger partial charge in [0.1, 0.15) is 10.1 Å². The molecule has 0 N–H and O–H groups in total. The van der Waals surface area contributed by atoms with Crippen LogP contribution in [0.1, 0.15) is 15.9 Å². The Balaban J connectivity index is 1.69. The van der Waals surface area contributed by atoms with E-state index in [1.54, 1.807) is 37.4 Å². The Morgan fingerprint density at radius 3 is 2.33 bits per heavy atom. The molecule has 0 radical (unpaired) electrons. The Hall–Kier alpha value is -3.04. The summed E-state index contributed by atoms with van der Waals surface area (Å²) >= 11 is 6.31. The van der Waals surface area contributed by atoms with E-state index in [1.807, 2.05) is 0 Å². The van der Waals surface area contributed by atoms with Gasteiger partial charge in [-0.3, -0.25) is 19.8 Å². The normalized spacial score (nSPS) is 15.3. The molecule has 0 aliphatic carbocycles. The zero-order valence-electron chi connectivity index (χ0n) is 13.9. The Morgan fingerprint density at radius 1 is 1.19 bits per heavy atom. The second-order valence-corrected chi connectivity index (χ2v) is 7.18. The number of carbonyl (C=O) groups excluding carboxylic acids is 2. The van der Waals surface area contributed by atoms with Gasteiger partial charge in [-0.05, 0) is 35.9 Å². The van der Waals surface area contributed by atoms with Crippen molar-refractivity contribution in [2.75, 3.05) is 7.05 Å². The highest BCUT2D eigenvalue weighted by Crippen LogP contribution is 2.31. The van der Waals surface area contributed by atoms with Gasteiger partial charge in [0.05, 0.1) is 15.4 Å². The maximum atomic E-state index is 12.1. The first-order valence-electron chi connectivity index (χ1n) is 7.63. The lowest BCUT2D eigenvalue weighted by Crippen LogP contribution is -2.22. The number of rotatable bonds is 4. The van der Waals surface area contributed by atoms with Crippen LogP contribution in [0.15, 0.2) is 53.4 Å². The highest BCUT2D eigenvalue weighted by atomic mass is 32.2. The number of ether oxygens (including phenoxy) is 1. The van der Waals surface area contributed by atoms with Crippen LogP contribution in [0.4, 0.5) is 5.69 Å². The van der Waals surface area contributed by atoms with Gasteiger partial charge in [0.2, 0.25) is 0 Å². The van der Waals surface area contributed by atoms with E-state index < -0.39 is 10.9 Å². The average molecular weight is 400 g/mol. The minimum absolute atomic E-state index is 0.103. The van der Waals surface area contributed by atoms with Gasteiger partial charge >= 0.3 is 5.97 Å². The molecule has 0 unspecified atom stereocenters. The molecule has 7 nitrogen and oxygen atoms in total. The van der Waals surface area contributed by atoms with Crippen LogP contribution >= 0.6 is 24.0 Å². The van der Waals surface area contributed by atoms with Gasteiger partial charge in [-0.25, -0.2) is 4.79 Å². The Labute approximate surface area is 163 Å². The molecule has 0 saturated carbocycles. The van der Waals surface area contributed by atoms with Crippen molar-refractivity contribution in [3.8, 4) is 5.75 Å². The highest BCUT2D eigenvalue weighted by Gasteiger charge is 2.28. The zero-order valence-corrected chi connectivity index (χ0v) is 15.6. The van der Waals surface area contributed by atoms with E-state index in [2.05, 4.69) is 0 Å². The van der Waals surface area contributed by atoms with Gasteiger partial charge in [-0.2, -0.15) is 0 Å². The number of hydrogen-bond donors (Lipinski definition) is 0. The van der Waals surface area contributed by atoms with Crippen LogP contribution < -0.4 is 4.74 Å². The second kappa shape index (κ2) is 7.68. The SMILES string of the molecule is CN1C(=O)/C(=C\c2ccc(OC(=O)c3ccc([N+](=O)[O-])cc3)cc2)SC1=S. The minimum Gasteiger partial charge on any atom is -0.423 e. The summed E-state index contributed by atoms with van der Waals surface area (Å²) in [5.74, 6) is -0.457. The van der Waals surface area contributed by atoms with Crippen LogP contribution in [0.2, 0.25) is 0 Å². The van der Waals surface area contributed by atoms with E-state index in [4.69, 9.17) is 17.0 Å². The van der Waals surface area contributed by atoms with Gasteiger partial charge in [0, 0.05) is 19.2 Å². The van der Waals surface area contributed by atoms with E-state index in [9.17, 15) is 19.7 Å². The van der Waals surface area contributed by atoms with Crippen LogP contribution in [-0.2, 0) is 4.79 Å². The molecule has 2 aromatic carbocycles. The van der Waals surface area contributed by atoms with Crippen molar-refractivity contribution in [1.29, 1.82) is 0 Å². The number of amides is 1. The molecule has 9 heteroatoms. The number of carbonyl (C=O) groups is 2. The fourth-order valence-electron chi connectivity index (χ4n) is 2.21. The summed E-state index contributed by atoms with van der Waals surface area (Å²) in [6.45, 7) is 0. The summed E-state index contributed by atoms with van der Waals surface area (Å²) in [5.41, 5.74) is 0.865. The van der Waals surface area contributed by atoms with E-state index in [0.717, 1.165) is 5.56 Å². The quantitative estimate of drug-likeness (QED) is 0.193. The zero-order chi connectivity index (χ0) is 19.6. The average Bonchev–Trinajstić information content (AvgIpc) is 2.90. The molecule has 0 bridgehead atoms. The molecule has 136 valence electrons. The number of non-ortho nitro benzene ring substituents is 1. The summed E-state index contributed by atoms with van der Waals surface area (Å²) in [6, 6.07) is 11.8. The second-order valence-electron chi connectivity index (χ2n) is 5.50. The number of nitro groups is 1. The van der Waals surface area contributed by atoms with Crippen molar-refractivity contribution in [3.63, 3.8) is 0 Å². The monoisotopic (exact) mass is 400 g/mol. The number of likely N-dealkylation sites (N-methyl/N-ethyl adjacent to an activating group) is 1. The van der Waals surface area contributed by atoms with Crippen LogP contribution in [0.3, 0.4) is 0 Å². The lowest BCUT2D eigenvalue weighted by molar-refractivity contribution is -0.384. The molecular formula is C18H12N2O5S2. The van der Waals surface area contributed by atoms with Crippen LogP contribution in [0, 0.1) is 10.1 Å². The predicted octanol–water partition coefficient (Wildman–Crippen LogP) is 3.65. The first kappa shape index (κ1) is 18.7. The molecule has 1 amide bonds. The standard InChI is InChI=1S/C18H12N2O5S2/c1-19-16(21)15(27-18(19)26)10-11-2-8-14(9-3-11)25-17(22)12-4-6-13(7-5-12)20(23)24/h2-10H,1H3/b15-10+. The van der Waals surface area contributed by atoms with Crippen LogP contribution in [0.5, 0.6) is 5.75 Å². The summed E-state index contributed by atoms with van der Waals surface area (Å²) in [4.78, 5) is 36.1. The van der Waals surface area contributed by atoms with Gasteiger partial charge in [-0.15, -0.1) is 0 Å². The Morgan fingerprint density at radius 2 is 1.81 bits per heavy atom. The Bertz CT molecular complexity index is 968. The third-order valence-electron chi connectivity index (χ3n) is 3.69. The topological polar surface area (TPSA) is 89.8 Å². The lowest BCUT2D eigenvalue weighted by atomic mass is 10.2. The van der Waals surface area contributed by atoms with Crippen molar-refractivity contribution in [2.24, 2.45) is 0 Å². The molecule has 1 heterocycles. The van der Waals surface area contributed by atoms with Gasteiger partial charge in [0.15, 0.2) is 0 Å². The molecule has 0 aromatic heterocycles. The molecular weight excluding hydrogens is 388 g/mol. The molecule has 1 aliphatic rings. The minimum atomic E-state index is -0.621. The maximum Gasteiger partial charge on any atom is 0.343 e. The molecule has 27 heavy (non-hydrogen) atoms. The number of esters is 1. The smallest absolute Gasteiger partial charge is 0.343 e. The molecule has 1 fully saturated rings. The fraction of sp³-hybridized carbons (Fsp3) is 0.0556. The Kier molecular flexibility index (Phi) is 5.33. The molecule has 1 saturated heterocycles. The van der Waals surface area contributed by atoms with Crippen molar-refractivity contribution in [1.82, 2.24) is 4.90 Å². The first-order chi connectivity index (χ1) is 12.8. The summed E-state index contributed by atoms with van der Waals surface area (Å²) < 4.78 is 5.75. The number of thioether (sulfide) groups is 1. The molecule has 1 aliphatic heterocycles. The van der Waals surface area contributed by atoms with E-state index >= 15 is 0 Å². The summed E-state index contributed by atoms with van der Waals surface area (Å²) in [6.07, 6.45) is 1.71. The third-order valence-corrected chi connectivity index (χ3v) is 5.17. The molecule has 0 atom stereocenters. The summed E-state index contributed by atoms with van der Waals surface area (Å²) in [7, 11) is 1.62. The van der Waals surface area contributed by atoms with Gasteiger partial charge in [-0.1, -0.05) is 36.1 Å². The summed E-state index contributed by atoms with van der Waals surface area (Å²) in [5, 5.41) is 10.6. The number of thiocarbonyl (C=S) groups is 1. The predicted molar refractivity (Wildman–Crippen MR) is 105 cm³/mol. The van der Waals surface area contributed by atoms with Crippen LogP contribution in [-0.4, -0.2) is 33.1 Å². The highest BCUT2D eigenvalue weighted by molar-refractivity contribution is 8.26.